The molecule has 19 heavy (non-hydrogen) atoms. The summed E-state index contributed by atoms with van der Waals surface area (Å²) in [5, 5.41) is 9.71. The van der Waals surface area contributed by atoms with Gasteiger partial charge in [-0.25, -0.2) is 4.39 Å². The van der Waals surface area contributed by atoms with Crippen molar-refractivity contribution >= 4 is 5.69 Å². The van der Waals surface area contributed by atoms with Crippen LogP contribution >= 0.6 is 0 Å². The van der Waals surface area contributed by atoms with Gasteiger partial charge in [0.2, 0.25) is 0 Å². The van der Waals surface area contributed by atoms with Crippen LogP contribution in [0.4, 0.5) is 10.1 Å². The van der Waals surface area contributed by atoms with Crippen LogP contribution in [-0.4, -0.2) is 38.0 Å². The molecule has 1 aromatic carbocycles. The fourth-order valence-corrected chi connectivity index (χ4v) is 2.65. The van der Waals surface area contributed by atoms with Gasteiger partial charge in [-0.15, -0.1) is 0 Å². The summed E-state index contributed by atoms with van der Waals surface area (Å²) in [6.45, 7) is 5.15. The van der Waals surface area contributed by atoms with Crippen LogP contribution in [-0.2, 0) is 4.74 Å². The Labute approximate surface area is 114 Å². The smallest absolute Gasteiger partial charge is 0.123 e. The van der Waals surface area contributed by atoms with Gasteiger partial charge < -0.3 is 14.7 Å². The van der Waals surface area contributed by atoms with E-state index in [1.807, 2.05) is 0 Å². The van der Waals surface area contributed by atoms with Crippen LogP contribution in [0.25, 0.3) is 0 Å². The third-order valence-corrected chi connectivity index (χ3v) is 3.84. The van der Waals surface area contributed by atoms with E-state index < -0.39 is 0 Å². The first-order valence-electron chi connectivity index (χ1n) is 6.88. The molecule has 3 nitrogen and oxygen atoms in total. The van der Waals surface area contributed by atoms with Gasteiger partial charge in [0.1, 0.15) is 5.82 Å². The monoisotopic (exact) mass is 267 g/mol. The highest BCUT2D eigenvalue weighted by Gasteiger charge is 2.34. The summed E-state index contributed by atoms with van der Waals surface area (Å²) in [6.07, 6.45) is 1.96. The van der Waals surface area contributed by atoms with Crippen molar-refractivity contribution in [3.8, 4) is 0 Å². The molecule has 1 aliphatic rings. The number of halogens is 1. The summed E-state index contributed by atoms with van der Waals surface area (Å²) >= 11 is 0. The van der Waals surface area contributed by atoms with Crippen molar-refractivity contribution < 1.29 is 14.2 Å². The molecule has 1 atom stereocenters. The molecule has 1 aliphatic heterocycles. The molecule has 2 rings (SSSR count). The second kappa shape index (κ2) is 6.35. The second-order valence-electron chi connectivity index (χ2n) is 5.30. The standard InChI is InChI=1S/C15H22FNO2/c1-2-17(14-6-4-13(16)5-7-14)10-15(11-18)8-3-9-19-12-15/h4-7,18H,2-3,8-12H2,1H3. The molecule has 0 aromatic heterocycles. The highest BCUT2D eigenvalue weighted by Crippen LogP contribution is 2.31. The maximum atomic E-state index is 13.0. The predicted octanol–water partition coefficient (Wildman–Crippen LogP) is 2.44. The van der Waals surface area contributed by atoms with Crippen molar-refractivity contribution in [2.24, 2.45) is 5.41 Å². The SMILES string of the molecule is CCN(CC1(CO)CCCOC1)c1ccc(F)cc1. The van der Waals surface area contributed by atoms with Crippen LogP contribution < -0.4 is 4.90 Å². The Hall–Kier alpha value is -1.13. The molecule has 1 heterocycles. The van der Waals surface area contributed by atoms with Crippen molar-refractivity contribution in [2.45, 2.75) is 19.8 Å². The normalized spacial score (nSPS) is 23.3. The van der Waals surface area contributed by atoms with Gasteiger partial charge in [0.05, 0.1) is 13.2 Å². The van der Waals surface area contributed by atoms with Crippen molar-refractivity contribution in [3.05, 3.63) is 30.1 Å². The molecule has 4 heteroatoms. The average Bonchev–Trinajstić information content (AvgIpc) is 2.47. The lowest BCUT2D eigenvalue weighted by atomic mass is 9.82. The molecule has 0 amide bonds. The first kappa shape index (κ1) is 14.3. The number of anilines is 1. The molecule has 1 fully saturated rings. The summed E-state index contributed by atoms with van der Waals surface area (Å²) in [6, 6.07) is 6.52. The molecule has 0 saturated carbocycles. The predicted molar refractivity (Wildman–Crippen MR) is 73.9 cm³/mol. The third-order valence-electron chi connectivity index (χ3n) is 3.84. The summed E-state index contributed by atoms with van der Waals surface area (Å²) < 4.78 is 18.5. The summed E-state index contributed by atoms with van der Waals surface area (Å²) in [4.78, 5) is 2.17. The summed E-state index contributed by atoms with van der Waals surface area (Å²) in [7, 11) is 0. The Morgan fingerprint density at radius 3 is 2.63 bits per heavy atom. The zero-order valence-electron chi connectivity index (χ0n) is 11.4. The molecule has 0 aliphatic carbocycles. The summed E-state index contributed by atoms with van der Waals surface area (Å²) in [5.41, 5.74) is 0.796. The van der Waals surface area contributed by atoms with Crippen LogP contribution in [0.15, 0.2) is 24.3 Å². The van der Waals surface area contributed by atoms with E-state index >= 15 is 0 Å². The number of aliphatic hydroxyl groups is 1. The van der Waals surface area contributed by atoms with Crippen molar-refractivity contribution in [2.75, 3.05) is 37.8 Å². The maximum absolute atomic E-state index is 13.0. The van der Waals surface area contributed by atoms with Crippen molar-refractivity contribution in [1.29, 1.82) is 0 Å². The van der Waals surface area contributed by atoms with Gasteiger partial charge in [-0.2, -0.15) is 0 Å². The largest absolute Gasteiger partial charge is 0.396 e. The molecule has 1 saturated heterocycles. The summed E-state index contributed by atoms with van der Waals surface area (Å²) in [5.74, 6) is -0.224. The Morgan fingerprint density at radius 1 is 1.37 bits per heavy atom. The number of aliphatic hydroxyl groups excluding tert-OH is 1. The van der Waals surface area contributed by atoms with E-state index in [1.165, 1.54) is 12.1 Å². The zero-order valence-corrected chi connectivity index (χ0v) is 11.4. The maximum Gasteiger partial charge on any atom is 0.123 e. The molecule has 1 unspecified atom stereocenters. The van der Waals surface area contributed by atoms with E-state index in [0.717, 1.165) is 38.2 Å². The average molecular weight is 267 g/mol. The number of hydrogen-bond acceptors (Lipinski definition) is 3. The lowest BCUT2D eigenvalue weighted by Crippen LogP contribution is -2.45. The Balaban J connectivity index is 2.11. The van der Waals surface area contributed by atoms with Crippen LogP contribution in [0.5, 0.6) is 0 Å². The number of ether oxygens (including phenoxy) is 1. The van der Waals surface area contributed by atoms with E-state index in [9.17, 15) is 9.50 Å². The number of benzene rings is 1. The number of nitrogens with zero attached hydrogens (tertiary/aromatic N) is 1. The quantitative estimate of drug-likeness (QED) is 0.889. The molecule has 0 spiro atoms. The van der Waals surface area contributed by atoms with Crippen LogP contribution in [0.1, 0.15) is 19.8 Å². The molecule has 1 aromatic rings. The lowest BCUT2D eigenvalue weighted by Gasteiger charge is -2.40. The highest BCUT2D eigenvalue weighted by molar-refractivity contribution is 5.46. The third kappa shape index (κ3) is 3.45. The molecule has 106 valence electrons. The topological polar surface area (TPSA) is 32.7 Å². The number of hydrogen-bond donors (Lipinski definition) is 1. The van der Waals surface area contributed by atoms with Gasteiger partial charge in [-0.3, -0.25) is 0 Å². The van der Waals surface area contributed by atoms with E-state index in [0.29, 0.717) is 6.61 Å². The second-order valence-corrected chi connectivity index (χ2v) is 5.30. The van der Waals surface area contributed by atoms with E-state index in [-0.39, 0.29) is 17.8 Å². The Bertz CT molecular complexity index is 388. The van der Waals surface area contributed by atoms with Gasteiger partial charge in [-0.1, -0.05) is 0 Å². The van der Waals surface area contributed by atoms with Crippen LogP contribution in [0.3, 0.4) is 0 Å². The van der Waals surface area contributed by atoms with Gasteiger partial charge in [0, 0.05) is 30.8 Å². The molecule has 1 N–H and O–H groups in total. The Kier molecular flexibility index (Phi) is 4.77. The molecule has 0 bridgehead atoms. The minimum Gasteiger partial charge on any atom is -0.396 e. The minimum absolute atomic E-state index is 0.130. The number of rotatable bonds is 5. The highest BCUT2D eigenvalue weighted by atomic mass is 19.1. The van der Waals surface area contributed by atoms with Gasteiger partial charge in [0.25, 0.3) is 0 Å². The molecule has 0 radical (unpaired) electrons. The minimum atomic E-state index is -0.224. The van der Waals surface area contributed by atoms with E-state index in [1.54, 1.807) is 12.1 Å². The van der Waals surface area contributed by atoms with Crippen molar-refractivity contribution in [1.82, 2.24) is 0 Å². The molecular weight excluding hydrogens is 245 g/mol. The van der Waals surface area contributed by atoms with E-state index in [2.05, 4.69) is 11.8 Å². The zero-order chi connectivity index (χ0) is 13.7. The molecular formula is C15H22FNO2. The fourth-order valence-electron chi connectivity index (χ4n) is 2.65. The van der Waals surface area contributed by atoms with E-state index in [4.69, 9.17) is 4.74 Å². The van der Waals surface area contributed by atoms with Crippen LogP contribution in [0, 0.1) is 11.2 Å². The first-order chi connectivity index (χ1) is 9.19. The first-order valence-corrected chi connectivity index (χ1v) is 6.88. The van der Waals surface area contributed by atoms with Gasteiger partial charge >= 0.3 is 0 Å². The van der Waals surface area contributed by atoms with Crippen LogP contribution in [0.2, 0.25) is 0 Å². The van der Waals surface area contributed by atoms with Gasteiger partial charge in [0.15, 0.2) is 0 Å². The lowest BCUT2D eigenvalue weighted by molar-refractivity contribution is -0.0335. The van der Waals surface area contributed by atoms with Gasteiger partial charge in [-0.05, 0) is 44.0 Å². The fraction of sp³-hybridized carbons (Fsp3) is 0.600. The Morgan fingerprint density at radius 2 is 2.11 bits per heavy atom. The van der Waals surface area contributed by atoms with Crippen molar-refractivity contribution in [3.63, 3.8) is 0 Å².